The van der Waals surface area contributed by atoms with Gasteiger partial charge in [0, 0.05) is 12.1 Å². The SMILES string of the molecule is CCSc1nc2n(n1)[C@@H](c1ccco1)[C@@H]1C(=O)CC(C)(C)C=C1N2. The first-order chi connectivity index (χ1) is 11.5. The molecule has 1 aliphatic carbocycles. The number of anilines is 1. The average molecular weight is 344 g/mol. The highest BCUT2D eigenvalue weighted by Crippen LogP contribution is 2.45. The van der Waals surface area contributed by atoms with E-state index in [0.717, 1.165) is 17.2 Å². The number of hydrogen-bond acceptors (Lipinski definition) is 6. The van der Waals surface area contributed by atoms with Gasteiger partial charge >= 0.3 is 0 Å². The van der Waals surface area contributed by atoms with Crippen LogP contribution in [0.25, 0.3) is 0 Å². The number of allylic oxidation sites excluding steroid dienone is 2. The quantitative estimate of drug-likeness (QED) is 0.859. The molecule has 6 nitrogen and oxygen atoms in total. The van der Waals surface area contributed by atoms with Crippen molar-refractivity contribution in [1.29, 1.82) is 0 Å². The predicted octanol–water partition coefficient (Wildman–Crippen LogP) is 3.50. The topological polar surface area (TPSA) is 73.0 Å². The summed E-state index contributed by atoms with van der Waals surface area (Å²) in [5.74, 6) is 2.20. The van der Waals surface area contributed by atoms with Gasteiger partial charge in [0.1, 0.15) is 17.6 Å². The van der Waals surface area contributed by atoms with Crippen molar-refractivity contribution in [1.82, 2.24) is 14.8 Å². The number of carbonyl (C=O) groups is 1. The van der Waals surface area contributed by atoms with Gasteiger partial charge in [-0.3, -0.25) is 4.79 Å². The highest BCUT2D eigenvalue weighted by atomic mass is 32.2. The number of Topliss-reactive ketones (excluding diaryl/α,β-unsaturated/α-hetero) is 1. The first-order valence-electron chi connectivity index (χ1n) is 8.14. The Morgan fingerprint density at radius 1 is 1.50 bits per heavy atom. The number of rotatable bonds is 3. The molecule has 3 heterocycles. The number of aromatic nitrogens is 3. The van der Waals surface area contributed by atoms with E-state index in [0.29, 0.717) is 17.5 Å². The molecule has 0 aromatic carbocycles. The number of ketones is 1. The van der Waals surface area contributed by atoms with E-state index in [-0.39, 0.29) is 23.2 Å². The molecule has 1 aliphatic heterocycles. The van der Waals surface area contributed by atoms with Crippen molar-refractivity contribution in [2.24, 2.45) is 11.3 Å². The van der Waals surface area contributed by atoms with Gasteiger partial charge in [0.25, 0.3) is 0 Å². The molecule has 1 N–H and O–H groups in total. The van der Waals surface area contributed by atoms with E-state index >= 15 is 0 Å². The smallest absolute Gasteiger partial charge is 0.227 e. The van der Waals surface area contributed by atoms with E-state index in [1.165, 1.54) is 0 Å². The predicted molar refractivity (Wildman–Crippen MR) is 91.9 cm³/mol. The van der Waals surface area contributed by atoms with Gasteiger partial charge in [0.05, 0.1) is 12.2 Å². The molecule has 2 atom stereocenters. The standard InChI is InChI=1S/C17H20N4O2S/c1-4-24-16-19-15-18-10-8-17(2,3)9-11(22)13(10)14(21(15)20-16)12-6-5-7-23-12/h5-8,13-14H,4,9H2,1-3H3,(H,18,19,20)/t13-,14-/m0/s1. The van der Waals surface area contributed by atoms with Crippen LogP contribution in [0, 0.1) is 11.3 Å². The van der Waals surface area contributed by atoms with E-state index < -0.39 is 0 Å². The molecule has 0 radical (unpaired) electrons. The highest BCUT2D eigenvalue weighted by molar-refractivity contribution is 7.99. The van der Waals surface area contributed by atoms with Gasteiger partial charge in [-0.1, -0.05) is 38.6 Å². The number of hydrogen-bond donors (Lipinski definition) is 1. The first kappa shape index (κ1) is 15.5. The van der Waals surface area contributed by atoms with Crippen LogP contribution in [0.1, 0.15) is 39.0 Å². The number of nitrogens with zero attached hydrogens (tertiary/aromatic N) is 3. The monoisotopic (exact) mass is 344 g/mol. The molecular weight excluding hydrogens is 324 g/mol. The van der Waals surface area contributed by atoms with Crippen molar-refractivity contribution < 1.29 is 9.21 Å². The summed E-state index contributed by atoms with van der Waals surface area (Å²) in [7, 11) is 0. The van der Waals surface area contributed by atoms with Crippen LogP contribution >= 0.6 is 11.8 Å². The second-order valence-electron chi connectivity index (χ2n) is 6.89. The lowest BCUT2D eigenvalue weighted by molar-refractivity contribution is -0.125. The molecule has 0 saturated heterocycles. The van der Waals surface area contributed by atoms with Crippen molar-refractivity contribution in [2.75, 3.05) is 11.1 Å². The Bertz CT molecular complexity index is 807. The molecule has 2 aromatic heterocycles. The summed E-state index contributed by atoms with van der Waals surface area (Å²) in [6.45, 7) is 6.22. The van der Waals surface area contributed by atoms with E-state index in [1.807, 2.05) is 12.1 Å². The molecule has 24 heavy (non-hydrogen) atoms. The van der Waals surface area contributed by atoms with Crippen LogP contribution in [0.15, 0.2) is 39.7 Å². The van der Waals surface area contributed by atoms with Crippen molar-refractivity contribution in [3.63, 3.8) is 0 Å². The molecule has 0 fully saturated rings. The van der Waals surface area contributed by atoms with Gasteiger partial charge in [-0.15, -0.1) is 5.10 Å². The van der Waals surface area contributed by atoms with Gasteiger partial charge < -0.3 is 9.73 Å². The minimum atomic E-state index is -0.308. The summed E-state index contributed by atoms with van der Waals surface area (Å²) in [6.07, 6.45) is 4.30. The van der Waals surface area contributed by atoms with Gasteiger partial charge in [-0.2, -0.15) is 4.98 Å². The molecule has 0 saturated carbocycles. The van der Waals surface area contributed by atoms with E-state index in [4.69, 9.17) is 4.42 Å². The third kappa shape index (κ3) is 2.47. The fraction of sp³-hybridized carbons (Fsp3) is 0.471. The maximum atomic E-state index is 12.9. The summed E-state index contributed by atoms with van der Waals surface area (Å²) in [4.78, 5) is 17.5. The summed E-state index contributed by atoms with van der Waals surface area (Å²) in [5.41, 5.74) is 0.748. The van der Waals surface area contributed by atoms with Gasteiger partial charge in [0.15, 0.2) is 0 Å². The first-order valence-corrected chi connectivity index (χ1v) is 9.12. The zero-order valence-electron chi connectivity index (χ0n) is 13.9. The largest absolute Gasteiger partial charge is 0.467 e. The van der Waals surface area contributed by atoms with E-state index in [1.54, 1.807) is 22.7 Å². The maximum absolute atomic E-state index is 12.9. The van der Waals surface area contributed by atoms with Gasteiger partial charge in [-0.25, -0.2) is 4.68 Å². The molecule has 0 unspecified atom stereocenters. The summed E-state index contributed by atoms with van der Waals surface area (Å²) < 4.78 is 7.45. The van der Waals surface area contributed by atoms with Crippen molar-refractivity contribution in [3.8, 4) is 0 Å². The molecule has 0 amide bonds. The fourth-order valence-electron chi connectivity index (χ4n) is 3.54. The van der Waals surface area contributed by atoms with Gasteiger partial charge in [-0.05, 0) is 23.3 Å². The molecule has 126 valence electrons. The summed E-state index contributed by atoms with van der Waals surface area (Å²) in [5, 5.41) is 8.65. The number of carbonyl (C=O) groups excluding carboxylic acids is 1. The number of fused-ring (bicyclic) bond motifs is 2. The van der Waals surface area contributed by atoms with Crippen molar-refractivity contribution >= 4 is 23.5 Å². The third-order valence-electron chi connectivity index (χ3n) is 4.41. The molecule has 0 bridgehead atoms. The maximum Gasteiger partial charge on any atom is 0.227 e. The molecule has 4 rings (SSSR count). The Morgan fingerprint density at radius 3 is 3.04 bits per heavy atom. The van der Waals surface area contributed by atoms with Crippen LogP contribution in [0.5, 0.6) is 0 Å². The highest BCUT2D eigenvalue weighted by Gasteiger charge is 2.46. The Hall–Kier alpha value is -2.02. The zero-order valence-corrected chi connectivity index (χ0v) is 14.8. The lowest BCUT2D eigenvalue weighted by atomic mass is 9.73. The Morgan fingerprint density at radius 2 is 2.33 bits per heavy atom. The van der Waals surface area contributed by atoms with Crippen LogP contribution < -0.4 is 5.32 Å². The zero-order chi connectivity index (χ0) is 16.9. The van der Waals surface area contributed by atoms with Crippen molar-refractivity contribution in [2.45, 2.75) is 38.4 Å². The second kappa shape index (κ2) is 5.51. The molecule has 2 aromatic rings. The Balaban J connectivity index is 1.87. The van der Waals surface area contributed by atoms with Crippen LogP contribution in [0.2, 0.25) is 0 Å². The minimum absolute atomic E-state index is 0.160. The van der Waals surface area contributed by atoms with E-state index in [2.05, 4.69) is 42.2 Å². The van der Waals surface area contributed by atoms with Crippen LogP contribution in [0.4, 0.5) is 5.95 Å². The van der Waals surface area contributed by atoms with E-state index in [9.17, 15) is 4.79 Å². The number of thioether (sulfide) groups is 1. The lowest BCUT2D eigenvalue weighted by Crippen LogP contribution is -2.41. The third-order valence-corrected chi connectivity index (χ3v) is 5.13. The molecule has 2 aliphatic rings. The Kier molecular flexibility index (Phi) is 3.56. The normalized spacial score (nSPS) is 24.8. The Labute approximate surface area is 144 Å². The van der Waals surface area contributed by atoms with Crippen molar-refractivity contribution in [3.05, 3.63) is 35.9 Å². The lowest BCUT2D eigenvalue weighted by Gasteiger charge is -2.39. The fourth-order valence-corrected chi connectivity index (χ4v) is 4.10. The van der Waals surface area contributed by atoms with Crippen LogP contribution in [-0.2, 0) is 4.79 Å². The molecule has 0 spiro atoms. The summed E-state index contributed by atoms with van der Waals surface area (Å²) in [6, 6.07) is 3.46. The number of nitrogens with one attached hydrogen (secondary N) is 1. The summed E-state index contributed by atoms with van der Waals surface area (Å²) >= 11 is 1.58. The van der Waals surface area contributed by atoms with Crippen LogP contribution in [-0.4, -0.2) is 26.3 Å². The minimum Gasteiger partial charge on any atom is -0.467 e. The molecular formula is C17H20N4O2S. The second-order valence-corrected chi connectivity index (χ2v) is 8.12. The van der Waals surface area contributed by atoms with Gasteiger partial charge in [0.2, 0.25) is 11.1 Å². The van der Waals surface area contributed by atoms with Crippen LogP contribution in [0.3, 0.4) is 0 Å². The molecule has 7 heteroatoms. The average Bonchev–Trinajstić information content (AvgIpc) is 3.12. The number of furan rings is 1.